The van der Waals surface area contributed by atoms with Crippen LogP contribution in [0.25, 0.3) is 0 Å². The Morgan fingerprint density at radius 1 is 1.42 bits per heavy atom. The van der Waals surface area contributed by atoms with Crippen molar-refractivity contribution in [2.75, 3.05) is 11.9 Å². The van der Waals surface area contributed by atoms with E-state index in [1.54, 1.807) is 6.92 Å². The highest BCUT2D eigenvalue weighted by molar-refractivity contribution is 5.56. The molecule has 0 atom stereocenters. The molecule has 0 spiro atoms. The average Bonchev–Trinajstić information content (AvgIpc) is 2.12. The van der Waals surface area contributed by atoms with Crippen LogP contribution in [-0.2, 0) is 6.42 Å². The maximum absolute atomic E-state index is 13.4. The molecule has 1 aliphatic heterocycles. The molecule has 0 fully saturated rings. The molecule has 0 radical (unpaired) electrons. The van der Waals surface area contributed by atoms with E-state index in [1.165, 1.54) is 0 Å². The monoisotopic (exact) mass is 165 g/mol. The lowest BCUT2D eigenvalue weighted by Gasteiger charge is -2.19. The predicted molar refractivity (Wildman–Crippen MR) is 47.9 cm³/mol. The molecule has 1 nitrogen and oxygen atoms in total. The number of rotatable bonds is 0. The van der Waals surface area contributed by atoms with Crippen molar-refractivity contribution < 1.29 is 4.39 Å². The molecule has 0 amide bonds. The van der Waals surface area contributed by atoms with Gasteiger partial charge in [0.15, 0.2) is 0 Å². The Hall–Kier alpha value is -1.05. The average molecular weight is 165 g/mol. The normalized spacial score (nSPS) is 15.2. The van der Waals surface area contributed by atoms with Gasteiger partial charge in [0.25, 0.3) is 0 Å². The lowest BCUT2D eigenvalue weighted by molar-refractivity contribution is 0.614. The molecule has 1 aromatic carbocycles. The van der Waals surface area contributed by atoms with Crippen molar-refractivity contribution >= 4 is 5.69 Å². The van der Waals surface area contributed by atoms with Crippen molar-refractivity contribution in [2.45, 2.75) is 19.8 Å². The maximum Gasteiger partial charge on any atom is 0.149 e. The van der Waals surface area contributed by atoms with Crippen LogP contribution in [0.1, 0.15) is 17.5 Å². The van der Waals surface area contributed by atoms with Gasteiger partial charge >= 0.3 is 0 Å². The van der Waals surface area contributed by atoms with Gasteiger partial charge in [0.2, 0.25) is 0 Å². The zero-order valence-corrected chi connectivity index (χ0v) is 7.15. The van der Waals surface area contributed by atoms with Crippen LogP contribution in [0.5, 0.6) is 0 Å². The number of hydrogen-bond acceptors (Lipinski definition) is 1. The third-order valence-electron chi connectivity index (χ3n) is 2.35. The van der Waals surface area contributed by atoms with E-state index >= 15 is 0 Å². The molecule has 0 aromatic heterocycles. The third kappa shape index (κ3) is 1.07. The number of benzene rings is 1. The third-order valence-corrected chi connectivity index (χ3v) is 2.35. The topological polar surface area (TPSA) is 12.0 Å². The highest BCUT2D eigenvalue weighted by Crippen LogP contribution is 2.26. The van der Waals surface area contributed by atoms with Crippen LogP contribution in [-0.4, -0.2) is 6.54 Å². The number of halogens is 1. The molecule has 0 bridgehead atoms. The van der Waals surface area contributed by atoms with E-state index in [-0.39, 0.29) is 5.82 Å². The zero-order chi connectivity index (χ0) is 8.55. The van der Waals surface area contributed by atoms with Crippen LogP contribution >= 0.6 is 0 Å². The number of aryl methyl sites for hydroxylation is 2. The van der Waals surface area contributed by atoms with Gasteiger partial charge in [-0.1, -0.05) is 12.1 Å². The van der Waals surface area contributed by atoms with E-state index in [0.29, 0.717) is 0 Å². The Kier molecular flexibility index (Phi) is 1.75. The first-order valence-corrected chi connectivity index (χ1v) is 4.31. The van der Waals surface area contributed by atoms with Gasteiger partial charge in [-0.05, 0) is 30.9 Å². The molecule has 0 unspecified atom stereocenters. The quantitative estimate of drug-likeness (QED) is 0.622. The summed E-state index contributed by atoms with van der Waals surface area (Å²) in [5.41, 5.74) is 2.56. The minimum Gasteiger partial charge on any atom is -0.382 e. The fourth-order valence-corrected chi connectivity index (χ4v) is 1.61. The molecule has 1 aromatic rings. The first-order valence-electron chi connectivity index (χ1n) is 4.31. The van der Waals surface area contributed by atoms with Crippen LogP contribution in [0.2, 0.25) is 0 Å². The Balaban J connectivity index is 2.54. The number of anilines is 1. The van der Waals surface area contributed by atoms with E-state index in [0.717, 1.165) is 36.2 Å². The molecule has 0 saturated heterocycles. The van der Waals surface area contributed by atoms with Crippen LogP contribution < -0.4 is 5.32 Å². The lowest BCUT2D eigenvalue weighted by Crippen LogP contribution is -2.13. The van der Waals surface area contributed by atoms with Gasteiger partial charge in [-0.15, -0.1) is 0 Å². The van der Waals surface area contributed by atoms with Crippen LogP contribution in [0, 0.1) is 12.7 Å². The van der Waals surface area contributed by atoms with E-state index < -0.39 is 0 Å². The van der Waals surface area contributed by atoms with E-state index in [4.69, 9.17) is 0 Å². The van der Waals surface area contributed by atoms with Crippen LogP contribution in [0.15, 0.2) is 12.1 Å². The van der Waals surface area contributed by atoms with Gasteiger partial charge in [0.1, 0.15) is 5.82 Å². The molecule has 1 aliphatic rings. The van der Waals surface area contributed by atoms with E-state index in [2.05, 4.69) is 5.32 Å². The van der Waals surface area contributed by atoms with Crippen molar-refractivity contribution in [1.29, 1.82) is 0 Å². The van der Waals surface area contributed by atoms with Gasteiger partial charge in [-0.2, -0.15) is 0 Å². The summed E-state index contributed by atoms with van der Waals surface area (Å²) in [6, 6.07) is 3.86. The number of hydrogen-bond donors (Lipinski definition) is 1. The Morgan fingerprint density at radius 2 is 2.25 bits per heavy atom. The molecule has 1 N–H and O–H groups in total. The van der Waals surface area contributed by atoms with Crippen molar-refractivity contribution in [3.63, 3.8) is 0 Å². The summed E-state index contributed by atoms with van der Waals surface area (Å²) in [4.78, 5) is 0. The van der Waals surface area contributed by atoms with Crippen molar-refractivity contribution in [3.8, 4) is 0 Å². The second kappa shape index (κ2) is 2.77. The summed E-state index contributed by atoms with van der Waals surface area (Å²) in [6.45, 7) is 2.69. The second-order valence-electron chi connectivity index (χ2n) is 3.26. The minimum absolute atomic E-state index is 0.0767. The SMILES string of the molecule is Cc1ccc2c(c1F)NCCC2. The maximum atomic E-state index is 13.4. The van der Waals surface area contributed by atoms with E-state index in [1.807, 2.05) is 12.1 Å². The summed E-state index contributed by atoms with van der Waals surface area (Å²) < 4.78 is 13.4. The van der Waals surface area contributed by atoms with Crippen molar-refractivity contribution in [2.24, 2.45) is 0 Å². The van der Waals surface area contributed by atoms with E-state index in [9.17, 15) is 4.39 Å². The summed E-state index contributed by atoms with van der Waals surface area (Å²) >= 11 is 0. The standard InChI is InChI=1S/C10H12FN/c1-7-4-5-8-3-2-6-12-10(8)9(7)11/h4-5,12H,2-3,6H2,1H3. The smallest absolute Gasteiger partial charge is 0.149 e. The first-order chi connectivity index (χ1) is 5.79. The molecular formula is C10H12FN. The van der Waals surface area contributed by atoms with Crippen LogP contribution in [0.4, 0.5) is 10.1 Å². The number of fused-ring (bicyclic) bond motifs is 1. The van der Waals surface area contributed by atoms with Crippen molar-refractivity contribution in [1.82, 2.24) is 0 Å². The summed E-state index contributed by atoms with van der Waals surface area (Å²) in [6.07, 6.45) is 2.11. The largest absolute Gasteiger partial charge is 0.382 e. The first kappa shape index (κ1) is 7.59. The van der Waals surface area contributed by atoms with Crippen LogP contribution in [0.3, 0.4) is 0 Å². The van der Waals surface area contributed by atoms with Gasteiger partial charge in [-0.25, -0.2) is 4.39 Å². The Labute approximate surface area is 71.6 Å². The predicted octanol–water partition coefficient (Wildman–Crippen LogP) is 2.49. The Bertz CT molecular complexity index is 307. The molecule has 1 heterocycles. The highest BCUT2D eigenvalue weighted by Gasteiger charge is 2.13. The Morgan fingerprint density at radius 3 is 3.08 bits per heavy atom. The summed E-state index contributed by atoms with van der Waals surface area (Å²) in [7, 11) is 0. The molecular weight excluding hydrogens is 153 g/mol. The second-order valence-corrected chi connectivity index (χ2v) is 3.26. The lowest BCUT2D eigenvalue weighted by atomic mass is 10.0. The van der Waals surface area contributed by atoms with Gasteiger partial charge in [-0.3, -0.25) is 0 Å². The molecule has 0 saturated carbocycles. The molecule has 64 valence electrons. The van der Waals surface area contributed by atoms with Gasteiger partial charge < -0.3 is 5.32 Å². The fourth-order valence-electron chi connectivity index (χ4n) is 1.61. The molecule has 0 aliphatic carbocycles. The number of nitrogens with one attached hydrogen (secondary N) is 1. The zero-order valence-electron chi connectivity index (χ0n) is 7.15. The summed E-state index contributed by atoms with van der Waals surface area (Å²) in [5.74, 6) is -0.0767. The summed E-state index contributed by atoms with van der Waals surface area (Å²) in [5, 5.41) is 3.10. The minimum atomic E-state index is -0.0767. The molecule has 12 heavy (non-hydrogen) atoms. The highest BCUT2D eigenvalue weighted by atomic mass is 19.1. The van der Waals surface area contributed by atoms with Gasteiger partial charge in [0, 0.05) is 6.54 Å². The molecule has 2 rings (SSSR count). The molecule has 2 heteroatoms. The van der Waals surface area contributed by atoms with Gasteiger partial charge in [0.05, 0.1) is 5.69 Å². The fraction of sp³-hybridized carbons (Fsp3) is 0.400. The van der Waals surface area contributed by atoms with Crippen molar-refractivity contribution in [3.05, 3.63) is 29.1 Å².